The topological polar surface area (TPSA) is 92.8 Å². The summed E-state index contributed by atoms with van der Waals surface area (Å²) in [6, 6.07) is 17.0. The van der Waals surface area contributed by atoms with Crippen LogP contribution in [0.3, 0.4) is 0 Å². The van der Waals surface area contributed by atoms with Crippen LogP contribution in [0.2, 0.25) is 0 Å². The fourth-order valence-corrected chi connectivity index (χ4v) is 5.10. The molecule has 0 saturated heterocycles. The minimum absolute atomic E-state index is 0.00209. The van der Waals surface area contributed by atoms with Gasteiger partial charge in [0.15, 0.2) is 6.61 Å². The summed E-state index contributed by atoms with van der Waals surface area (Å²) in [5, 5.41) is 2.44. The molecule has 170 valence electrons. The predicted molar refractivity (Wildman–Crippen MR) is 121 cm³/mol. The van der Waals surface area contributed by atoms with Crippen molar-refractivity contribution in [3.05, 3.63) is 89.2 Å². The van der Waals surface area contributed by atoms with Gasteiger partial charge in [0.2, 0.25) is 0 Å². The second kappa shape index (κ2) is 9.03. The van der Waals surface area contributed by atoms with E-state index in [0.29, 0.717) is 24.2 Å². The predicted octanol–water partition coefficient (Wildman–Crippen LogP) is 3.68. The van der Waals surface area contributed by atoms with Gasteiger partial charge in [0.05, 0.1) is 16.1 Å². The van der Waals surface area contributed by atoms with Gasteiger partial charge in [-0.2, -0.15) is 0 Å². The number of rotatable bonds is 6. The third-order valence-corrected chi connectivity index (χ3v) is 7.10. The van der Waals surface area contributed by atoms with Gasteiger partial charge in [-0.3, -0.25) is 9.10 Å². The van der Waals surface area contributed by atoms with Gasteiger partial charge in [-0.15, -0.1) is 0 Å². The highest BCUT2D eigenvalue weighted by Gasteiger charge is 2.31. The molecule has 0 aliphatic carbocycles. The number of esters is 1. The van der Waals surface area contributed by atoms with Gasteiger partial charge in [0.1, 0.15) is 5.82 Å². The number of sulfonamides is 1. The summed E-state index contributed by atoms with van der Waals surface area (Å²) < 4.78 is 46.3. The standard InChI is InChI=1S/C24H21FN2O5S/c1-16-9-10-19(14-21(16)25)26-23(28)15-32-24(29)18-6-4-7-20(13-18)33(30,31)27-12-11-17-5-2-3-8-22(17)27/h2-10,13-14H,11-12,15H2,1H3,(H,26,28). The summed E-state index contributed by atoms with van der Waals surface area (Å²) in [5.41, 5.74) is 2.23. The van der Waals surface area contributed by atoms with Crippen LogP contribution in [0.15, 0.2) is 71.6 Å². The molecule has 7 nitrogen and oxygen atoms in total. The zero-order valence-corrected chi connectivity index (χ0v) is 18.6. The van der Waals surface area contributed by atoms with Gasteiger partial charge < -0.3 is 10.1 Å². The second-order valence-corrected chi connectivity index (χ2v) is 9.43. The zero-order chi connectivity index (χ0) is 23.6. The van der Waals surface area contributed by atoms with Crippen molar-refractivity contribution in [3.8, 4) is 0 Å². The highest BCUT2D eigenvalue weighted by Crippen LogP contribution is 2.32. The fraction of sp³-hybridized carbons (Fsp3) is 0.167. The van der Waals surface area contributed by atoms with E-state index in [-0.39, 0.29) is 16.1 Å². The summed E-state index contributed by atoms with van der Waals surface area (Å²) in [7, 11) is -3.88. The average Bonchev–Trinajstić information content (AvgIpc) is 3.25. The van der Waals surface area contributed by atoms with Crippen molar-refractivity contribution in [3.63, 3.8) is 0 Å². The molecule has 3 aromatic rings. The van der Waals surface area contributed by atoms with Crippen LogP contribution < -0.4 is 9.62 Å². The molecule has 0 saturated carbocycles. The number of benzene rings is 3. The van der Waals surface area contributed by atoms with Crippen LogP contribution >= 0.6 is 0 Å². The monoisotopic (exact) mass is 468 g/mol. The minimum atomic E-state index is -3.88. The molecule has 33 heavy (non-hydrogen) atoms. The smallest absolute Gasteiger partial charge is 0.338 e. The van der Waals surface area contributed by atoms with Gasteiger partial charge >= 0.3 is 5.97 Å². The second-order valence-electron chi connectivity index (χ2n) is 7.57. The molecule has 3 aromatic carbocycles. The lowest BCUT2D eigenvalue weighted by atomic mass is 10.2. The van der Waals surface area contributed by atoms with E-state index in [1.54, 1.807) is 19.1 Å². The summed E-state index contributed by atoms with van der Waals surface area (Å²) in [5.74, 6) is -1.97. The number of amides is 1. The Bertz CT molecular complexity index is 1340. The summed E-state index contributed by atoms with van der Waals surface area (Å²) in [4.78, 5) is 24.4. The van der Waals surface area contributed by atoms with E-state index in [2.05, 4.69) is 5.32 Å². The number of nitrogens with zero attached hydrogens (tertiary/aromatic N) is 1. The third kappa shape index (κ3) is 4.73. The maximum Gasteiger partial charge on any atom is 0.338 e. The summed E-state index contributed by atoms with van der Waals surface area (Å²) >= 11 is 0. The van der Waals surface area contributed by atoms with E-state index in [1.807, 2.05) is 12.1 Å². The Kier molecular flexibility index (Phi) is 6.15. The lowest BCUT2D eigenvalue weighted by Crippen LogP contribution is -2.29. The number of ether oxygens (including phenoxy) is 1. The highest BCUT2D eigenvalue weighted by atomic mass is 32.2. The molecule has 0 spiro atoms. The molecule has 1 amide bonds. The first-order valence-corrected chi connectivity index (χ1v) is 11.6. The third-order valence-electron chi connectivity index (χ3n) is 5.29. The Labute approximate surface area is 190 Å². The SMILES string of the molecule is Cc1ccc(NC(=O)COC(=O)c2cccc(S(=O)(=O)N3CCc4ccccc43)c2)cc1F. The molecule has 1 N–H and O–H groups in total. The van der Waals surface area contributed by atoms with Crippen molar-refractivity contribution in [1.29, 1.82) is 0 Å². The van der Waals surface area contributed by atoms with E-state index in [4.69, 9.17) is 4.74 Å². The number of aryl methyl sites for hydroxylation is 1. The van der Waals surface area contributed by atoms with Crippen molar-refractivity contribution in [2.24, 2.45) is 0 Å². The molecule has 0 atom stereocenters. The van der Waals surface area contributed by atoms with Gasteiger partial charge in [-0.25, -0.2) is 17.6 Å². The number of anilines is 2. The van der Waals surface area contributed by atoms with E-state index < -0.39 is 34.3 Å². The van der Waals surface area contributed by atoms with Crippen LogP contribution in [0.1, 0.15) is 21.5 Å². The van der Waals surface area contributed by atoms with E-state index >= 15 is 0 Å². The van der Waals surface area contributed by atoms with Gasteiger partial charge in [-0.1, -0.05) is 30.3 Å². The van der Waals surface area contributed by atoms with Crippen LogP contribution in [0.4, 0.5) is 15.8 Å². The van der Waals surface area contributed by atoms with Crippen LogP contribution in [0.5, 0.6) is 0 Å². The lowest BCUT2D eigenvalue weighted by Gasteiger charge is -2.19. The molecule has 1 aliphatic rings. The normalized spacial score (nSPS) is 12.8. The first-order chi connectivity index (χ1) is 15.8. The first kappa shape index (κ1) is 22.5. The fourth-order valence-electron chi connectivity index (χ4n) is 3.55. The Hall–Kier alpha value is -3.72. The molecule has 0 fully saturated rings. The maximum atomic E-state index is 13.6. The van der Waals surface area contributed by atoms with E-state index in [0.717, 1.165) is 5.56 Å². The average molecular weight is 469 g/mol. The minimum Gasteiger partial charge on any atom is -0.452 e. The van der Waals surface area contributed by atoms with Crippen LogP contribution in [-0.4, -0.2) is 33.4 Å². The molecular weight excluding hydrogens is 447 g/mol. The molecule has 9 heteroatoms. The molecule has 0 radical (unpaired) electrons. The van der Waals surface area contributed by atoms with Gasteiger partial charge in [-0.05, 0) is 60.9 Å². The Morgan fingerprint density at radius 1 is 1.06 bits per heavy atom. The van der Waals surface area contributed by atoms with Crippen molar-refractivity contribution in [2.75, 3.05) is 22.8 Å². The van der Waals surface area contributed by atoms with Crippen molar-refractivity contribution < 1.29 is 27.1 Å². The Morgan fingerprint density at radius 3 is 2.64 bits per heavy atom. The van der Waals surface area contributed by atoms with Crippen molar-refractivity contribution in [1.82, 2.24) is 0 Å². The van der Waals surface area contributed by atoms with Gasteiger partial charge in [0, 0.05) is 12.2 Å². The molecule has 4 rings (SSSR count). The van der Waals surface area contributed by atoms with E-state index in [9.17, 15) is 22.4 Å². The molecule has 0 unspecified atom stereocenters. The van der Waals surface area contributed by atoms with Crippen LogP contribution in [0.25, 0.3) is 0 Å². The number of fused-ring (bicyclic) bond motifs is 1. The number of carbonyl (C=O) groups excluding carboxylic acids is 2. The lowest BCUT2D eigenvalue weighted by molar-refractivity contribution is -0.119. The number of hydrogen-bond donors (Lipinski definition) is 1. The molecule has 0 aromatic heterocycles. The Morgan fingerprint density at radius 2 is 1.85 bits per heavy atom. The number of para-hydroxylation sites is 1. The number of hydrogen-bond acceptors (Lipinski definition) is 5. The number of nitrogens with one attached hydrogen (secondary N) is 1. The number of carbonyl (C=O) groups is 2. The van der Waals surface area contributed by atoms with Crippen molar-refractivity contribution >= 4 is 33.3 Å². The maximum absolute atomic E-state index is 13.6. The highest BCUT2D eigenvalue weighted by molar-refractivity contribution is 7.92. The van der Waals surface area contributed by atoms with Crippen LogP contribution in [-0.2, 0) is 26.0 Å². The summed E-state index contributed by atoms with van der Waals surface area (Å²) in [6.45, 7) is 1.31. The van der Waals surface area contributed by atoms with Crippen LogP contribution in [0, 0.1) is 12.7 Å². The molecular formula is C24H21FN2O5S. The quantitative estimate of drug-likeness (QED) is 0.557. The largest absolute Gasteiger partial charge is 0.452 e. The summed E-state index contributed by atoms with van der Waals surface area (Å²) in [6.07, 6.45) is 0.608. The van der Waals surface area contributed by atoms with Gasteiger partial charge in [0.25, 0.3) is 15.9 Å². The molecule has 1 aliphatic heterocycles. The molecule has 1 heterocycles. The first-order valence-electron chi connectivity index (χ1n) is 10.2. The number of halogens is 1. The van der Waals surface area contributed by atoms with Crippen molar-refractivity contribution in [2.45, 2.75) is 18.2 Å². The van der Waals surface area contributed by atoms with E-state index in [1.165, 1.54) is 46.8 Å². The molecule has 0 bridgehead atoms. The zero-order valence-electron chi connectivity index (χ0n) is 17.7. The Balaban J connectivity index is 1.43.